The maximum Gasteiger partial charge on any atom is 0.337 e. The number of aryl methyl sites for hydroxylation is 1. The second-order valence-corrected chi connectivity index (χ2v) is 6.13. The Kier molecular flexibility index (Phi) is 6.85. The zero-order chi connectivity index (χ0) is 19.1. The highest BCUT2D eigenvalue weighted by molar-refractivity contribution is 6.34. The Balaban J connectivity index is 2.70. The summed E-state index contributed by atoms with van der Waals surface area (Å²) in [5, 5.41) is 10.6. The molecule has 26 heavy (non-hydrogen) atoms. The van der Waals surface area contributed by atoms with Crippen LogP contribution >= 0.6 is 0 Å². The monoisotopic (exact) mass is 345 g/mol. The molecule has 0 saturated heterocycles. The normalized spacial score (nSPS) is 12.0. The lowest BCUT2D eigenvalue weighted by molar-refractivity contribution is 0.0698. The Bertz CT molecular complexity index is 887. The molecule has 3 nitrogen and oxygen atoms in total. The highest BCUT2D eigenvalue weighted by atomic mass is 16.4. The van der Waals surface area contributed by atoms with Crippen molar-refractivity contribution in [2.24, 2.45) is 0 Å². The molecule has 2 radical (unpaired) electrons. The Hall–Kier alpha value is -2.75. The van der Waals surface area contributed by atoms with Gasteiger partial charge in [0.1, 0.15) is 7.85 Å². The van der Waals surface area contributed by atoms with E-state index in [1.165, 1.54) is 0 Å². The standard InChI is InChI=1S/C22H24BNO2/c1-4-7-11-16(10-6-3)15-24-20-17(13-9-14-19(20)22(25)26)18(21(24)23)12-8-5-2/h4,6-7,9-11,13-14H,1,3,5,8,12,15H2,2H3,(H,25,26)/b11-7-,16-10+. The molecule has 1 aromatic heterocycles. The van der Waals surface area contributed by atoms with E-state index in [1.54, 1.807) is 24.3 Å². The number of nitrogens with zero attached hydrogens (tertiary/aromatic N) is 1. The lowest BCUT2D eigenvalue weighted by atomic mass is 9.94. The number of hydrogen-bond acceptors (Lipinski definition) is 1. The average molecular weight is 345 g/mol. The third kappa shape index (κ3) is 4.08. The van der Waals surface area contributed by atoms with Crippen LogP contribution in [0.5, 0.6) is 0 Å². The van der Waals surface area contributed by atoms with Crippen LogP contribution in [0.1, 0.15) is 35.7 Å². The van der Waals surface area contributed by atoms with Crippen molar-refractivity contribution in [3.05, 3.63) is 78.4 Å². The van der Waals surface area contributed by atoms with Crippen molar-refractivity contribution < 1.29 is 9.90 Å². The summed E-state index contributed by atoms with van der Waals surface area (Å²) < 4.78 is 1.90. The topological polar surface area (TPSA) is 42.2 Å². The van der Waals surface area contributed by atoms with Gasteiger partial charge in [0, 0.05) is 11.9 Å². The minimum absolute atomic E-state index is 0.266. The minimum atomic E-state index is -0.952. The number of allylic oxidation sites excluding steroid dienone is 6. The molecule has 2 rings (SSSR count). The summed E-state index contributed by atoms with van der Waals surface area (Å²) in [5.41, 5.74) is 3.55. The largest absolute Gasteiger partial charge is 0.478 e. The van der Waals surface area contributed by atoms with E-state index < -0.39 is 5.97 Å². The number of carboxylic acid groups (broad SMARTS) is 1. The molecule has 4 heteroatoms. The molecule has 0 aliphatic carbocycles. The fourth-order valence-corrected chi connectivity index (χ4v) is 3.14. The lowest BCUT2D eigenvalue weighted by Gasteiger charge is -2.12. The fraction of sp³-hybridized carbons (Fsp3) is 0.227. The van der Waals surface area contributed by atoms with Gasteiger partial charge in [-0.25, -0.2) is 4.79 Å². The van der Waals surface area contributed by atoms with Crippen molar-refractivity contribution in [2.45, 2.75) is 32.7 Å². The number of rotatable bonds is 9. The van der Waals surface area contributed by atoms with Crippen molar-refractivity contribution in [3.8, 4) is 0 Å². The predicted octanol–water partition coefficient (Wildman–Crippen LogP) is 4.33. The molecule has 1 N–H and O–H groups in total. The van der Waals surface area contributed by atoms with Crippen LogP contribution in [0, 0.1) is 0 Å². The van der Waals surface area contributed by atoms with Gasteiger partial charge in [0.05, 0.1) is 11.1 Å². The maximum absolute atomic E-state index is 11.8. The molecule has 132 valence electrons. The number of carbonyl (C=O) groups is 1. The van der Waals surface area contributed by atoms with Crippen LogP contribution in [-0.2, 0) is 13.0 Å². The molecule has 2 aromatic rings. The number of aromatic carboxylic acids is 1. The van der Waals surface area contributed by atoms with Gasteiger partial charge in [-0.1, -0.05) is 69.0 Å². The van der Waals surface area contributed by atoms with E-state index in [1.807, 2.05) is 28.9 Å². The summed E-state index contributed by atoms with van der Waals surface area (Å²) in [7, 11) is 6.47. The van der Waals surface area contributed by atoms with Crippen molar-refractivity contribution in [1.29, 1.82) is 0 Å². The first-order valence-electron chi connectivity index (χ1n) is 8.78. The van der Waals surface area contributed by atoms with Gasteiger partial charge < -0.3 is 9.67 Å². The van der Waals surface area contributed by atoms with Crippen LogP contribution in [0.25, 0.3) is 10.9 Å². The summed E-state index contributed by atoms with van der Waals surface area (Å²) in [6, 6.07) is 5.36. The van der Waals surface area contributed by atoms with Crippen LogP contribution in [0.2, 0.25) is 0 Å². The van der Waals surface area contributed by atoms with Crippen molar-refractivity contribution in [1.82, 2.24) is 4.57 Å². The number of carboxylic acids is 1. The highest BCUT2D eigenvalue weighted by Crippen LogP contribution is 2.26. The van der Waals surface area contributed by atoms with Gasteiger partial charge >= 0.3 is 5.97 Å². The summed E-state index contributed by atoms with van der Waals surface area (Å²) >= 11 is 0. The first kappa shape index (κ1) is 19.6. The smallest absolute Gasteiger partial charge is 0.337 e. The number of unbranched alkanes of at least 4 members (excludes halogenated alkanes) is 1. The van der Waals surface area contributed by atoms with E-state index in [0.29, 0.717) is 17.7 Å². The SMILES string of the molecule is [B]c1c(CCCC)c2cccc(C(=O)O)c2n1CC(/C=C\C=C)=C/C=C. The molecule has 0 saturated carbocycles. The van der Waals surface area contributed by atoms with Gasteiger partial charge in [-0.05, 0) is 35.6 Å². The number of para-hydroxylation sites is 1. The molecule has 0 bridgehead atoms. The number of fused-ring (bicyclic) bond motifs is 1. The summed E-state index contributed by atoms with van der Waals surface area (Å²) in [5.74, 6) is -0.952. The van der Waals surface area contributed by atoms with E-state index in [2.05, 4.69) is 20.1 Å². The van der Waals surface area contributed by atoms with Gasteiger partial charge in [0.2, 0.25) is 0 Å². The Morgan fingerprint density at radius 2 is 2.08 bits per heavy atom. The third-order valence-corrected chi connectivity index (χ3v) is 4.36. The second kappa shape index (κ2) is 9.09. The zero-order valence-electron chi connectivity index (χ0n) is 15.2. The lowest BCUT2D eigenvalue weighted by Crippen LogP contribution is -2.21. The molecule has 0 atom stereocenters. The van der Waals surface area contributed by atoms with Crippen LogP contribution in [0.3, 0.4) is 0 Å². The Morgan fingerprint density at radius 3 is 2.69 bits per heavy atom. The van der Waals surface area contributed by atoms with Crippen molar-refractivity contribution in [2.75, 3.05) is 0 Å². The quantitative estimate of drug-likeness (QED) is 0.543. The molecule has 0 spiro atoms. The molecule has 1 heterocycles. The minimum Gasteiger partial charge on any atom is -0.478 e. The van der Waals surface area contributed by atoms with E-state index in [0.717, 1.165) is 35.8 Å². The predicted molar refractivity (Wildman–Crippen MR) is 111 cm³/mol. The van der Waals surface area contributed by atoms with Gasteiger partial charge in [0.25, 0.3) is 0 Å². The van der Waals surface area contributed by atoms with Gasteiger partial charge in [0.15, 0.2) is 0 Å². The van der Waals surface area contributed by atoms with Crippen LogP contribution in [-0.4, -0.2) is 23.5 Å². The van der Waals surface area contributed by atoms with Crippen molar-refractivity contribution >= 4 is 30.3 Å². The molecule has 0 unspecified atom stereocenters. The van der Waals surface area contributed by atoms with E-state index in [4.69, 9.17) is 7.85 Å². The molecular weight excluding hydrogens is 321 g/mol. The summed E-state index contributed by atoms with van der Waals surface area (Å²) in [4.78, 5) is 11.8. The highest BCUT2D eigenvalue weighted by Gasteiger charge is 2.19. The number of hydrogen-bond donors (Lipinski definition) is 1. The number of benzene rings is 1. The van der Waals surface area contributed by atoms with E-state index in [9.17, 15) is 9.90 Å². The molecule has 1 aromatic carbocycles. The maximum atomic E-state index is 11.8. The first-order chi connectivity index (χ1) is 12.5. The van der Waals surface area contributed by atoms with Crippen LogP contribution < -0.4 is 5.59 Å². The average Bonchev–Trinajstić information content (AvgIpc) is 2.89. The molecule has 0 aliphatic heterocycles. The third-order valence-electron chi connectivity index (χ3n) is 4.36. The second-order valence-electron chi connectivity index (χ2n) is 6.13. The van der Waals surface area contributed by atoms with Crippen LogP contribution in [0.15, 0.2) is 67.3 Å². The van der Waals surface area contributed by atoms with Crippen molar-refractivity contribution in [3.63, 3.8) is 0 Å². The first-order valence-corrected chi connectivity index (χ1v) is 8.78. The number of aromatic nitrogens is 1. The zero-order valence-corrected chi connectivity index (χ0v) is 15.2. The molecule has 0 fully saturated rings. The fourth-order valence-electron chi connectivity index (χ4n) is 3.14. The van der Waals surface area contributed by atoms with Crippen LogP contribution in [0.4, 0.5) is 0 Å². The molecular formula is C22H24BNO2. The Morgan fingerprint density at radius 1 is 1.31 bits per heavy atom. The Labute approximate surface area is 156 Å². The van der Waals surface area contributed by atoms with E-state index in [-0.39, 0.29) is 5.56 Å². The summed E-state index contributed by atoms with van der Waals surface area (Å²) in [6.07, 6.45) is 11.9. The molecule has 0 amide bonds. The summed E-state index contributed by atoms with van der Waals surface area (Å²) in [6.45, 7) is 10.0. The van der Waals surface area contributed by atoms with Gasteiger partial charge in [-0.15, -0.1) is 0 Å². The van der Waals surface area contributed by atoms with E-state index >= 15 is 0 Å². The van der Waals surface area contributed by atoms with Gasteiger partial charge in [-0.3, -0.25) is 0 Å². The van der Waals surface area contributed by atoms with Gasteiger partial charge in [-0.2, -0.15) is 0 Å². The molecule has 0 aliphatic rings.